The molecule has 0 aliphatic carbocycles. The first-order chi connectivity index (χ1) is 13.2. The van der Waals surface area contributed by atoms with Crippen molar-refractivity contribution in [3.63, 3.8) is 0 Å². The molecule has 0 aromatic carbocycles. The SMILES string of the molecule is CCCCCCCCCCCOC(=O)COCC(=O)OCC(C)CC(C)(C)C. The van der Waals surface area contributed by atoms with Crippen LogP contribution in [-0.2, 0) is 23.8 Å². The minimum Gasteiger partial charge on any atom is -0.464 e. The first-order valence-corrected chi connectivity index (χ1v) is 11.1. The van der Waals surface area contributed by atoms with Gasteiger partial charge >= 0.3 is 11.9 Å². The van der Waals surface area contributed by atoms with Crippen LogP contribution in [0.5, 0.6) is 0 Å². The van der Waals surface area contributed by atoms with Crippen LogP contribution >= 0.6 is 0 Å². The van der Waals surface area contributed by atoms with E-state index < -0.39 is 11.9 Å². The zero-order chi connectivity index (χ0) is 21.3. The Morgan fingerprint density at radius 1 is 0.786 bits per heavy atom. The highest BCUT2D eigenvalue weighted by Gasteiger charge is 2.17. The van der Waals surface area contributed by atoms with Gasteiger partial charge in [0.15, 0.2) is 0 Å². The summed E-state index contributed by atoms with van der Waals surface area (Å²) in [7, 11) is 0. The fraction of sp³-hybridized carbons (Fsp3) is 0.913. The van der Waals surface area contributed by atoms with E-state index in [0.717, 1.165) is 19.3 Å². The molecule has 0 aliphatic rings. The van der Waals surface area contributed by atoms with Crippen molar-refractivity contribution in [3.05, 3.63) is 0 Å². The van der Waals surface area contributed by atoms with E-state index in [4.69, 9.17) is 14.2 Å². The number of ether oxygens (including phenoxy) is 3. The molecule has 0 aromatic rings. The lowest BCUT2D eigenvalue weighted by molar-refractivity contribution is -0.156. The molecule has 0 rings (SSSR count). The van der Waals surface area contributed by atoms with Crippen LogP contribution in [-0.4, -0.2) is 38.4 Å². The predicted octanol–water partition coefficient (Wildman–Crippen LogP) is 5.69. The van der Waals surface area contributed by atoms with Crippen molar-refractivity contribution in [3.8, 4) is 0 Å². The Balaban J connectivity index is 3.48. The minimum absolute atomic E-state index is 0.204. The second-order valence-electron chi connectivity index (χ2n) is 9.09. The molecule has 0 bridgehead atoms. The van der Waals surface area contributed by atoms with Gasteiger partial charge in [0.2, 0.25) is 0 Å². The highest BCUT2D eigenvalue weighted by atomic mass is 16.6. The third-order valence-corrected chi connectivity index (χ3v) is 4.44. The second-order valence-corrected chi connectivity index (χ2v) is 9.09. The zero-order valence-electron chi connectivity index (χ0n) is 19.0. The number of unbranched alkanes of at least 4 members (excludes halogenated alkanes) is 8. The van der Waals surface area contributed by atoms with Crippen LogP contribution in [0.4, 0.5) is 0 Å². The molecule has 166 valence electrons. The molecule has 0 saturated carbocycles. The quantitative estimate of drug-likeness (QED) is 0.232. The van der Waals surface area contributed by atoms with Gasteiger partial charge in [-0.3, -0.25) is 0 Å². The molecule has 1 unspecified atom stereocenters. The zero-order valence-corrected chi connectivity index (χ0v) is 19.0. The first-order valence-electron chi connectivity index (χ1n) is 11.1. The normalized spacial score (nSPS) is 12.6. The Labute approximate surface area is 172 Å². The van der Waals surface area contributed by atoms with Gasteiger partial charge in [-0.25, -0.2) is 9.59 Å². The summed E-state index contributed by atoms with van der Waals surface area (Å²) in [4.78, 5) is 23.2. The van der Waals surface area contributed by atoms with Crippen molar-refractivity contribution in [2.24, 2.45) is 11.3 Å². The molecule has 0 radical (unpaired) electrons. The summed E-state index contributed by atoms with van der Waals surface area (Å²) in [5.74, 6) is -0.564. The maximum absolute atomic E-state index is 11.6. The van der Waals surface area contributed by atoms with Crippen molar-refractivity contribution in [1.29, 1.82) is 0 Å². The van der Waals surface area contributed by atoms with Crippen LogP contribution < -0.4 is 0 Å². The molecule has 5 heteroatoms. The Morgan fingerprint density at radius 2 is 1.29 bits per heavy atom. The van der Waals surface area contributed by atoms with Crippen LogP contribution in [0.15, 0.2) is 0 Å². The van der Waals surface area contributed by atoms with Gasteiger partial charge in [0.1, 0.15) is 13.2 Å². The van der Waals surface area contributed by atoms with Gasteiger partial charge in [-0.2, -0.15) is 0 Å². The van der Waals surface area contributed by atoms with Crippen LogP contribution in [0.1, 0.15) is 98.8 Å². The summed E-state index contributed by atoms with van der Waals surface area (Å²) < 4.78 is 15.4. The van der Waals surface area contributed by atoms with Gasteiger partial charge in [0.05, 0.1) is 13.2 Å². The van der Waals surface area contributed by atoms with Crippen molar-refractivity contribution >= 4 is 11.9 Å². The molecule has 0 heterocycles. The summed E-state index contributed by atoms with van der Waals surface area (Å²) in [5, 5.41) is 0. The number of rotatable bonds is 17. The van der Waals surface area contributed by atoms with E-state index in [2.05, 4.69) is 34.6 Å². The van der Waals surface area contributed by atoms with Gasteiger partial charge in [0.25, 0.3) is 0 Å². The smallest absolute Gasteiger partial charge is 0.332 e. The molecule has 0 saturated heterocycles. The lowest BCUT2D eigenvalue weighted by Crippen LogP contribution is -2.22. The average molecular weight is 401 g/mol. The number of carbonyl (C=O) groups excluding carboxylic acids is 2. The van der Waals surface area contributed by atoms with E-state index in [1.165, 1.54) is 44.9 Å². The molecule has 0 amide bonds. The third-order valence-electron chi connectivity index (χ3n) is 4.44. The summed E-state index contributed by atoms with van der Waals surface area (Å²) in [6.45, 7) is 11.2. The Kier molecular flexibility index (Phi) is 16.2. The lowest BCUT2D eigenvalue weighted by atomic mass is 9.86. The second kappa shape index (κ2) is 16.8. The molecule has 0 aromatic heterocycles. The van der Waals surface area contributed by atoms with Gasteiger partial charge in [-0.15, -0.1) is 0 Å². The number of esters is 2. The first kappa shape index (κ1) is 26.9. The average Bonchev–Trinajstić information content (AvgIpc) is 2.60. The predicted molar refractivity (Wildman–Crippen MR) is 113 cm³/mol. The summed E-state index contributed by atoms with van der Waals surface area (Å²) in [6.07, 6.45) is 12.0. The fourth-order valence-electron chi connectivity index (χ4n) is 3.24. The monoisotopic (exact) mass is 400 g/mol. The summed E-state index contributed by atoms with van der Waals surface area (Å²) in [5.41, 5.74) is 0.209. The van der Waals surface area contributed by atoms with Gasteiger partial charge in [-0.05, 0) is 24.2 Å². The Morgan fingerprint density at radius 3 is 1.82 bits per heavy atom. The Bertz CT molecular complexity index is 400. The van der Waals surface area contributed by atoms with Crippen LogP contribution in [0.2, 0.25) is 0 Å². The molecule has 0 aliphatic heterocycles. The number of hydrogen-bond donors (Lipinski definition) is 0. The highest BCUT2D eigenvalue weighted by molar-refractivity contribution is 5.73. The maximum Gasteiger partial charge on any atom is 0.332 e. The molecule has 28 heavy (non-hydrogen) atoms. The van der Waals surface area contributed by atoms with E-state index in [0.29, 0.717) is 19.1 Å². The van der Waals surface area contributed by atoms with Crippen molar-refractivity contribution in [2.45, 2.75) is 98.8 Å². The van der Waals surface area contributed by atoms with Crippen LogP contribution in [0.25, 0.3) is 0 Å². The molecule has 5 nitrogen and oxygen atoms in total. The van der Waals surface area contributed by atoms with Gasteiger partial charge in [0, 0.05) is 0 Å². The topological polar surface area (TPSA) is 61.8 Å². The van der Waals surface area contributed by atoms with E-state index in [1.807, 2.05) is 0 Å². The van der Waals surface area contributed by atoms with Gasteiger partial charge in [-0.1, -0.05) is 86.0 Å². The lowest BCUT2D eigenvalue weighted by Gasteiger charge is -2.22. The van der Waals surface area contributed by atoms with E-state index in [1.54, 1.807) is 0 Å². The van der Waals surface area contributed by atoms with E-state index >= 15 is 0 Å². The van der Waals surface area contributed by atoms with Crippen molar-refractivity contribution in [1.82, 2.24) is 0 Å². The summed E-state index contributed by atoms with van der Waals surface area (Å²) in [6, 6.07) is 0. The molecule has 0 spiro atoms. The number of carbonyl (C=O) groups is 2. The minimum atomic E-state index is -0.438. The van der Waals surface area contributed by atoms with Crippen molar-refractivity contribution < 1.29 is 23.8 Å². The van der Waals surface area contributed by atoms with Crippen LogP contribution in [0.3, 0.4) is 0 Å². The highest BCUT2D eigenvalue weighted by Crippen LogP contribution is 2.24. The molecular formula is C23H44O5. The third kappa shape index (κ3) is 19.7. The molecular weight excluding hydrogens is 356 g/mol. The van der Waals surface area contributed by atoms with Gasteiger partial charge < -0.3 is 14.2 Å². The Hall–Kier alpha value is -1.10. The van der Waals surface area contributed by atoms with E-state index in [-0.39, 0.29) is 18.6 Å². The number of hydrogen-bond acceptors (Lipinski definition) is 5. The molecule has 0 N–H and O–H groups in total. The van der Waals surface area contributed by atoms with Crippen molar-refractivity contribution in [2.75, 3.05) is 26.4 Å². The fourth-order valence-corrected chi connectivity index (χ4v) is 3.24. The molecule has 0 fully saturated rings. The maximum atomic E-state index is 11.6. The largest absolute Gasteiger partial charge is 0.464 e. The van der Waals surface area contributed by atoms with E-state index in [9.17, 15) is 9.59 Å². The molecule has 1 atom stereocenters. The summed E-state index contributed by atoms with van der Waals surface area (Å²) >= 11 is 0. The van der Waals surface area contributed by atoms with Crippen LogP contribution in [0, 0.1) is 11.3 Å². The standard InChI is InChI=1S/C23H44O5/c1-6-7-8-9-10-11-12-13-14-15-27-21(24)18-26-19-22(25)28-17-20(2)16-23(3,4)5/h20H,6-19H2,1-5H3.